The number of ether oxygens (including phenoxy) is 1. The third-order valence-electron chi connectivity index (χ3n) is 4.68. The molecule has 0 unspecified atom stereocenters. The van der Waals surface area contributed by atoms with Crippen molar-refractivity contribution in [2.45, 2.75) is 39.0 Å². The summed E-state index contributed by atoms with van der Waals surface area (Å²) in [6, 6.07) is 7.85. The molecule has 0 spiro atoms. The fourth-order valence-electron chi connectivity index (χ4n) is 3.16. The van der Waals surface area contributed by atoms with E-state index in [9.17, 15) is 4.79 Å². The Morgan fingerprint density at radius 2 is 2.14 bits per heavy atom. The normalized spacial score (nSPS) is 10.9. The monoisotopic (exact) mass is 413 g/mol. The highest BCUT2D eigenvalue weighted by Crippen LogP contribution is 2.23. The van der Waals surface area contributed by atoms with Gasteiger partial charge < -0.3 is 14.6 Å². The fourth-order valence-corrected chi connectivity index (χ4v) is 3.69. The smallest absolute Gasteiger partial charge is 0.269 e. The Morgan fingerprint density at radius 1 is 1.31 bits per heavy atom. The molecule has 2 aromatic heterocycles. The SMILES string of the molecule is CCn1nc(C)cc1C(=O)NCCOc1cccc(Cn2ccnc2SC)c1C. The molecule has 7 nitrogen and oxygen atoms in total. The van der Waals surface area contributed by atoms with Gasteiger partial charge in [-0.3, -0.25) is 9.48 Å². The number of nitrogens with zero attached hydrogens (tertiary/aromatic N) is 4. The summed E-state index contributed by atoms with van der Waals surface area (Å²) in [6.07, 6.45) is 5.82. The molecule has 0 aliphatic rings. The van der Waals surface area contributed by atoms with Crippen LogP contribution in [-0.2, 0) is 13.1 Å². The molecular weight excluding hydrogens is 386 g/mol. The summed E-state index contributed by atoms with van der Waals surface area (Å²) in [6.45, 7) is 8.14. The first kappa shape index (κ1) is 21.0. The third kappa shape index (κ3) is 5.00. The predicted octanol–water partition coefficient (Wildman–Crippen LogP) is 3.30. The van der Waals surface area contributed by atoms with Gasteiger partial charge in [-0.15, -0.1) is 0 Å². The maximum absolute atomic E-state index is 12.4. The van der Waals surface area contributed by atoms with Crippen LogP contribution in [0.15, 0.2) is 41.8 Å². The minimum absolute atomic E-state index is 0.133. The summed E-state index contributed by atoms with van der Waals surface area (Å²) in [5.74, 6) is 0.697. The quantitative estimate of drug-likeness (QED) is 0.430. The van der Waals surface area contributed by atoms with Crippen LogP contribution < -0.4 is 10.1 Å². The van der Waals surface area contributed by atoms with Crippen molar-refractivity contribution in [2.24, 2.45) is 0 Å². The van der Waals surface area contributed by atoms with Crippen LogP contribution >= 0.6 is 11.8 Å². The van der Waals surface area contributed by atoms with E-state index in [4.69, 9.17) is 4.74 Å². The van der Waals surface area contributed by atoms with E-state index in [0.717, 1.165) is 28.7 Å². The lowest BCUT2D eigenvalue weighted by molar-refractivity contribution is 0.0936. The van der Waals surface area contributed by atoms with Crippen molar-refractivity contribution in [3.63, 3.8) is 0 Å². The molecular formula is C21H27N5O2S. The van der Waals surface area contributed by atoms with Gasteiger partial charge in [0, 0.05) is 25.5 Å². The standard InChI is InChI=1S/C21H27N5O2S/c1-5-26-18(13-15(2)24-26)20(27)22-10-12-28-19-8-6-7-17(16(19)3)14-25-11-9-23-21(25)29-4/h6-9,11,13H,5,10,12,14H2,1-4H3,(H,22,27). The molecule has 0 atom stereocenters. The summed E-state index contributed by atoms with van der Waals surface area (Å²) >= 11 is 1.63. The summed E-state index contributed by atoms with van der Waals surface area (Å²) < 4.78 is 9.76. The van der Waals surface area contributed by atoms with E-state index < -0.39 is 0 Å². The van der Waals surface area contributed by atoms with Gasteiger partial charge in [-0.05, 0) is 50.3 Å². The molecule has 3 aromatic rings. The average Bonchev–Trinajstić information content (AvgIpc) is 3.33. The number of thioether (sulfide) groups is 1. The fraction of sp³-hybridized carbons (Fsp3) is 0.381. The van der Waals surface area contributed by atoms with E-state index in [1.165, 1.54) is 5.56 Å². The zero-order valence-electron chi connectivity index (χ0n) is 17.3. The predicted molar refractivity (Wildman–Crippen MR) is 115 cm³/mol. The molecule has 8 heteroatoms. The van der Waals surface area contributed by atoms with Gasteiger partial charge in [-0.1, -0.05) is 23.9 Å². The van der Waals surface area contributed by atoms with Gasteiger partial charge in [-0.2, -0.15) is 5.10 Å². The molecule has 0 radical (unpaired) electrons. The van der Waals surface area contributed by atoms with Crippen molar-refractivity contribution < 1.29 is 9.53 Å². The highest BCUT2D eigenvalue weighted by Gasteiger charge is 2.13. The van der Waals surface area contributed by atoms with Gasteiger partial charge in [0.15, 0.2) is 5.16 Å². The van der Waals surface area contributed by atoms with Crippen LogP contribution in [0.3, 0.4) is 0 Å². The van der Waals surface area contributed by atoms with Crippen LogP contribution in [0.2, 0.25) is 0 Å². The number of hydrogen-bond acceptors (Lipinski definition) is 5. The van der Waals surface area contributed by atoms with Crippen molar-refractivity contribution in [3.05, 3.63) is 59.2 Å². The molecule has 0 saturated carbocycles. The molecule has 1 amide bonds. The van der Waals surface area contributed by atoms with Crippen molar-refractivity contribution >= 4 is 17.7 Å². The van der Waals surface area contributed by atoms with Gasteiger partial charge in [0.2, 0.25) is 0 Å². The van der Waals surface area contributed by atoms with Crippen LogP contribution in [0, 0.1) is 13.8 Å². The second-order valence-corrected chi connectivity index (χ2v) is 7.45. The number of aromatic nitrogens is 4. The molecule has 154 valence electrons. The summed E-state index contributed by atoms with van der Waals surface area (Å²) in [5.41, 5.74) is 3.69. The minimum Gasteiger partial charge on any atom is -0.491 e. The summed E-state index contributed by atoms with van der Waals surface area (Å²) in [4.78, 5) is 16.7. The largest absolute Gasteiger partial charge is 0.491 e. The van der Waals surface area contributed by atoms with Crippen LogP contribution in [0.1, 0.15) is 34.2 Å². The zero-order valence-corrected chi connectivity index (χ0v) is 18.1. The molecule has 1 aromatic carbocycles. The van der Waals surface area contributed by atoms with Crippen molar-refractivity contribution in [2.75, 3.05) is 19.4 Å². The number of carbonyl (C=O) groups excluding carboxylic acids is 1. The highest BCUT2D eigenvalue weighted by atomic mass is 32.2. The molecule has 0 saturated heterocycles. The lowest BCUT2D eigenvalue weighted by atomic mass is 10.1. The second kappa shape index (κ2) is 9.65. The number of amides is 1. The summed E-state index contributed by atoms with van der Waals surface area (Å²) in [7, 11) is 0. The highest BCUT2D eigenvalue weighted by molar-refractivity contribution is 7.98. The zero-order chi connectivity index (χ0) is 20.8. The number of rotatable bonds is 9. The Hall–Kier alpha value is -2.74. The number of imidazole rings is 1. The van der Waals surface area contributed by atoms with Gasteiger partial charge in [0.25, 0.3) is 5.91 Å². The second-order valence-electron chi connectivity index (χ2n) is 6.67. The Balaban J connectivity index is 1.56. The number of aryl methyl sites for hydroxylation is 2. The average molecular weight is 414 g/mol. The molecule has 29 heavy (non-hydrogen) atoms. The first-order valence-electron chi connectivity index (χ1n) is 9.62. The lowest BCUT2D eigenvalue weighted by Crippen LogP contribution is -2.30. The van der Waals surface area contributed by atoms with Crippen molar-refractivity contribution in [1.82, 2.24) is 24.6 Å². The van der Waals surface area contributed by atoms with E-state index in [1.54, 1.807) is 22.5 Å². The Labute approximate surface area is 175 Å². The van der Waals surface area contributed by atoms with Gasteiger partial charge in [0.05, 0.1) is 12.2 Å². The number of benzene rings is 1. The van der Waals surface area contributed by atoms with E-state index in [0.29, 0.717) is 25.4 Å². The maximum Gasteiger partial charge on any atom is 0.269 e. The molecule has 0 bridgehead atoms. The van der Waals surface area contributed by atoms with E-state index in [2.05, 4.69) is 33.0 Å². The maximum atomic E-state index is 12.4. The molecule has 0 aliphatic heterocycles. The van der Waals surface area contributed by atoms with E-state index in [1.807, 2.05) is 44.6 Å². The van der Waals surface area contributed by atoms with E-state index >= 15 is 0 Å². The minimum atomic E-state index is -0.133. The number of carbonyl (C=O) groups is 1. The first-order valence-corrected chi connectivity index (χ1v) is 10.8. The summed E-state index contributed by atoms with van der Waals surface area (Å²) in [5, 5.41) is 8.20. The first-order chi connectivity index (χ1) is 14.0. The third-order valence-corrected chi connectivity index (χ3v) is 5.38. The van der Waals surface area contributed by atoms with Crippen LogP contribution in [0.5, 0.6) is 5.75 Å². The molecule has 0 aliphatic carbocycles. The van der Waals surface area contributed by atoms with Gasteiger partial charge >= 0.3 is 0 Å². The van der Waals surface area contributed by atoms with Gasteiger partial charge in [0.1, 0.15) is 18.1 Å². The lowest BCUT2D eigenvalue weighted by Gasteiger charge is -2.14. The molecule has 0 fully saturated rings. The van der Waals surface area contributed by atoms with Crippen molar-refractivity contribution in [1.29, 1.82) is 0 Å². The molecule has 1 N–H and O–H groups in total. The molecule has 2 heterocycles. The van der Waals surface area contributed by atoms with Crippen LogP contribution in [0.4, 0.5) is 0 Å². The Kier molecular flexibility index (Phi) is 6.98. The van der Waals surface area contributed by atoms with Gasteiger partial charge in [-0.25, -0.2) is 4.98 Å². The Morgan fingerprint density at radius 3 is 2.90 bits per heavy atom. The number of hydrogen-bond donors (Lipinski definition) is 1. The van der Waals surface area contributed by atoms with Crippen LogP contribution in [0.25, 0.3) is 0 Å². The topological polar surface area (TPSA) is 74.0 Å². The molecule has 3 rings (SSSR count). The van der Waals surface area contributed by atoms with E-state index in [-0.39, 0.29) is 5.91 Å². The Bertz CT molecular complexity index is 979. The van der Waals surface area contributed by atoms with Crippen molar-refractivity contribution in [3.8, 4) is 5.75 Å². The van der Waals surface area contributed by atoms with Crippen LogP contribution in [-0.4, -0.2) is 44.6 Å². The number of nitrogens with one attached hydrogen (secondary N) is 1.